The zero-order chi connectivity index (χ0) is 13.0. The molecule has 2 aromatic carbocycles. The Morgan fingerprint density at radius 3 is 2.50 bits per heavy atom. The van der Waals surface area contributed by atoms with Gasteiger partial charge in [0.25, 0.3) is 0 Å². The zero-order valence-corrected chi connectivity index (χ0v) is 10.3. The molecule has 0 fully saturated rings. The lowest BCUT2D eigenvalue weighted by atomic mass is 10.1. The number of hydrogen-bond donors (Lipinski definition) is 2. The molecule has 0 atom stereocenters. The monoisotopic (exact) mass is 240 g/mol. The highest BCUT2D eigenvalue weighted by Crippen LogP contribution is 2.14. The third-order valence-electron chi connectivity index (χ3n) is 2.65. The van der Waals surface area contributed by atoms with Gasteiger partial charge in [-0.25, -0.2) is 0 Å². The summed E-state index contributed by atoms with van der Waals surface area (Å²) >= 11 is 0. The molecule has 0 bridgehead atoms. The first-order valence-electron chi connectivity index (χ1n) is 5.78. The molecule has 0 aromatic heterocycles. The van der Waals surface area contributed by atoms with Gasteiger partial charge in [0.05, 0.1) is 0 Å². The van der Waals surface area contributed by atoms with Crippen LogP contribution in [-0.4, -0.2) is 5.84 Å². The van der Waals surface area contributed by atoms with Crippen molar-refractivity contribution in [1.82, 2.24) is 0 Å². The molecule has 0 saturated heterocycles. The van der Waals surface area contributed by atoms with E-state index in [9.17, 15) is 0 Å². The van der Waals surface area contributed by atoms with E-state index in [1.807, 2.05) is 24.3 Å². The van der Waals surface area contributed by atoms with Crippen LogP contribution in [-0.2, 0) is 6.61 Å². The smallest absolute Gasteiger partial charge is 0.122 e. The van der Waals surface area contributed by atoms with Gasteiger partial charge < -0.3 is 10.5 Å². The number of nitrogen functional groups attached to an aromatic ring is 1. The molecular weight excluding hydrogens is 224 g/mol. The van der Waals surface area contributed by atoms with E-state index >= 15 is 0 Å². The van der Waals surface area contributed by atoms with Gasteiger partial charge >= 0.3 is 0 Å². The van der Waals surface area contributed by atoms with Crippen LogP contribution in [0.15, 0.2) is 48.5 Å². The average Bonchev–Trinajstić information content (AvgIpc) is 2.37. The van der Waals surface area contributed by atoms with E-state index < -0.39 is 0 Å². The number of rotatable bonds is 4. The van der Waals surface area contributed by atoms with Crippen LogP contribution in [0.4, 0.5) is 0 Å². The number of nitrogens with two attached hydrogens (primary N) is 1. The molecule has 0 aliphatic heterocycles. The lowest BCUT2D eigenvalue weighted by Crippen LogP contribution is -2.10. The van der Waals surface area contributed by atoms with E-state index in [4.69, 9.17) is 15.9 Å². The molecule has 2 aromatic rings. The maximum atomic E-state index is 7.30. The van der Waals surface area contributed by atoms with Crippen molar-refractivity contribution >= 4 is 5.84 Å². The fraction of sp³-hybridized carbons (Fsp3) is 0.133. The number of aryl methyl sites for hydroxylation is 1. The van der Waals surface area contributed by atoms with Crippen LogP contribution in [0.1, 0.15) is 16.7 Å². The maximum Gasteiger partial charge on any atom is 0.122 e. The fourth-order valence-corrected chi connectivity index (χ4v) is 1.70. The van der Waals surface area contributed by atoms with Crippen molar-refractivity contribution in [3.63, 3.8) is 0 Å². The largest absolute Gasteiger partial charge is 0.489 e. The lowest BCUT2D eigenvalue weighted by Gasteiger charge is -2.07. The van der Waals surface area contributed by atoms with E-state index in [0.29, 0.717) is 12.2 Å². The third-order valence-corrected chi connectivity index (χ3v) is 2.65. The van der Waals surface area contributed by atoms with Gasteiger partial charge in [0.1, 0.15) is 18.2 Å². The molecular formula is C15H16N2O. The molecule has 0 saturated carbocycles. The molecule has 92 valence electrons. The number of ether oxygens (including phenoxy) is 1. The average molecular weight is 240 g/mol. The van der Waals surface area contributed by atoms with Crippen LogP contribution in [0.25, 0.3) is 0 Å². The molecule has 3 heteroatoms. The molecule has 3 nitrogen and oxygen atoms in total. The van der Waals surface area contributed by atoms with Crippen LogP contribution >= 0.6 is 0 Å². The Morgan fingerprint density at radius 1 is 1.17 bits per heavy atom. The van der Waals surface area contributed by atoms with Crippen LogP contribution < -0.4 is 10.5 Å². The summed E-state index contributed by atoms with van der Waals surface area (Å²) in [5, 5.41) is 7.30. The summed E-state index contributed by atoms with van der Waals surface area (Å²) in [4.78, 5) is 0. The van der Waals surface area contributed by atoms with Gasteiger partial charge in [0, 0.05) is 5.56 Å². The summed E-state index contributed by atoms with van der Waals surface area (Å²) in [7, 11) is 0. The molecule has 0 radical (unpaired) electrons. The zero-order valence-electron chi connectivity index (χ0n) is 10.3. The minimum absolute atomic E-state index is 0.0697. The maximum absolute atomic E-state index is 7.30. The fourth-order valence-electron chi connectivity index (χ4n) is 1.70. The molecule has 0 aliphatic rings. The van der Waals surface area contributed by atoms with Gasteiger partial charge in [-0.05, 0) is 36.8 Å². The van der Waals surface area contributed by atoms with E-state index in [1.165, 1.54) is 5.56 Å². The molecule has 0 spiro atoms. The second-order valence-corrected chi connectivity index (χ2v) is 4.22. The van der Waals surface area contributed by atoms with Crippen molar-refractivity contribution in [3.8, 4) is 5.75 Å². The summed E-state index contributed by atoms with van der Waals surface area (Å²) in [5.74, 6) is 0.849. The van der Waals surface area contributed by atoms with Crippen molar-refractivity contribution in [2.24, 2.45) is 5.73 Å². The second-order valence-electron chi connectivity index (χ2n) is 4.22. The predicted octanol–water partition coefficient (Wildman–Crippen LogP) is 2.86. The van der Waals surface area contributed by atoms with Crippen LogP contribution in [0.3, 0.4) is 0 Å². The Bertz CT molecular complexity index is 547. The quantitative estimate of drug-likeness (QED) is 0.637. The lowest BCUT2D eigenvalue weighted by molar-refractivity contribution is 0.306. The number of hydrogen-bond acceptors (Lipinski definition) is 2. The minimum Gasteiger partial charge on any atom is -0.489 e. The van der Waals surface area contributed by atoms with Crippen LogP contribution in [0, 0.1) is 12.3 Å². The van der Waals surface area contributed by atoms with Gasteiger partial charge in [0.15, 0.2) is 0 Å². The highest BCUT2D eigenvalue weighted by molar-refractivity contribution is 5.94. The van der Waals surface area contributed by atoms with Crippen LogP contribution in [0.5, 0.6) is 5.75 Å². The van der Waals surface area contributed by atoms with Crippen molar-refractivity contribution in [2.45, 2.75) is 13.5 Å². The summed E-state index contributed by atoms with van der Waals surface area (Å²) < 4.78 is 5.67. The van der Waals surface area contributed by atoms with Crippen molar-refractivity contribution < 1.29 is 4.74 Å². The Labute approximate surface area is 107 Å². The van der Waals surface area contributed by atoms with Crippen LogP contribution in [0.2, 0.25) is 0 Å². The normalized spacial score (nSPS) is 10.1. The van der Waals surface area contributed by atoms with E-state index in [1.54, 1.807) is 12.1 Å². The summed E-state index contributed by atoms with van der Waals surface area (Å²) in [6.45, 7) is 2.60. The number of nitrogens with one attached hydrogen (secondary N) is 1. The molecule has 0 amide bonds. The van der Waals surface area contributed by atoms with Gasteiger partial charge in [-0.1, -0.05) is 29.8 Å². The van der Waals surface area contributed by atoms with Gasteiger partial charge in [-0.2, -0.15) is 0 Å². The highest BCUT2D eigenvalue weighted by atomic mass is 16.5. The van der Waals surface area contributed by atoms with Gasteiger partial charge in [-0.15, -0.1) is 0 Å². The molecule has 3 N–H and O–H groups in total. The first kappa shape index (κ1) is 12.2. The second kappa shape index (κ2) is 5.36. The molecule has 0 heterocycles. The van der Waals surface area contributed by atoms with Gasteiger partial charge in [-0.3, -0.25) is 5.41 Å². The summed E-state index contributed by atoms with van der Waals surface area (Å²) in [6.07, 6.45) is 0. The van der Waals surface area contributed by atoms with Crippen molar-refractivity contribution in [1.29, 1.82) is 5.41 Å². The topological polar surface area (TPSA) is 59.1 Å². The Balaban J connectivity index is 2.00. The minimum atomic E-state index is 0.0697. The molecule has 18 heavy (non-hydrogen) atoms. The third kappa shape index (κ3) is 3.10. The van der Waals surface area contributed by atoms with E-state index in [0.717, 1.165) is 11.3 Å². The summed E-state index contributed by atoms with van der Waals surface area (Å²) in [6, 6.07) is 15.4. The molecule has 0 aliphatic carbocycles. The van der Waals surface area contributed by atoms with Crippen molar-refractivity contribution in [3.05, 3.63) is 65.2 Å². The molecule has 2 rings (SSSR count). The Kier molecular flexibility index (Phi) is 3.63. The Morgan fingerprint density at radius 2 is 1.89 bits per heavy atom. The SMILES string of the molecule is Cc1cccc(COc2ccc(C(=N)N)cc2)c1. The summed E-state index contributed by atoms with van der Waals surface area (Å²) in [5.41, 5.74) is 8.46. The van der Waals surface area contributed by atoms with E-state index in [-0.39, 0.29) is 5.84 Å². The van der Waals surface area contributed by atoms with E-state index in [2.05, 4.69) is 19.1 Å². The van der Waals surface area contributed by atoms with Gasteiger partial charge in [0.2, 0.25) is 0 Å². The first-order valence-corrected chi connectivity index (χ1v) is 5.78. The number of benzene rings is 2. The van der Waals surface area contributed by atoms with Crippen molar-refractivity contribution in [2.75, 3.05) is 0 Å². The first-order chi connectivity index (χ1) is 8.65. The highest BCUT2D eigenvalue weighted by Gasteiger charge is 1.99. The number of amidine groups is 1. The standard InChI is InChI=1S/C15H16N2O/c1-11-3-2-4-12(9-11)10-18-14-7-5-13(6-8-14)15(16)17/h2-9H,10H2,1H3,(H3,16,17). The molecule has 0 unspecified atom stereocenters. The Hall–Kier alpha value is -2.29. The predicted molar refractivity (Wildman–Crippen MR) is 73.0 cm³/mol.